The molecule has 0 unspecified atom stereocenters. The molecule has 0 saturated carbocycles. The third-order valence-electron chi connectivity index (χ3n) is 5.12. The molecule has 0 spiro atoms. The average Bonchev–Trinajstić information content (AvgIpc) is 3.16. The van der Waals surface area contributed by atoms with Crippen molar-refractivity contribution >= 4 is 17.0 Å². The number of carbonyl (C=O) groups excluding carboxylic acids is 1. The van der Waals surface area contributed by atoms with Gasteiger partial charge < -0.3 is 18.8 Å². The van der Waals surface area contributed by atoms with Crippen LogP contribution >= 0.6 is 0 Å². The molecule has 1 heterocycles. The zero-order valence-electron chi connectivity index (χ0n) is 18.3. The van der Waals surface area contributed by atoms with E-state index in [1.165, 1.54) is 0 Å². The van der Waals surface area contributed by atoms with E-state index in [2.05, 4.69) is 9.55 Å². The molecule has 0 amide bonds. The van der Waals surface area contributed by atoms with Crippen LogP contribution < -0.4 is 4.74 Å². The number of imidazole rings is 1. The third-order valence-corrected chi connectivity index (χ3v) is 5.12. The summed E-state index contributed by atoms with van der Waals surface area (Å²) in [5.41, 5.74) is 4.41. The molecule has 1 aromatic heterocycles. The molecule has 0 aliphatic carbocycles. The van der Waals surface area contributed by atoms with Crippen LogP contribution in [-0.2, 0) is 29.2 Å². The van der Waals surface area contributed by atoms with E-state index in [9.17, 15) is 4.79 Å². The number of hydrogen-bond donors (Lipinski definition) is 0. The fourth-order valence-electron chi connectivity index (χ4n) is 3.54. The highest BCUT2D eigenvalue weighted by atomic mass is 16.5. The first-order valence-electron chi connectivity index (χ1n) is 10.6. The average molecular weight is 431 g/mol. The lowest BCUT2D eigenvalue weighted by atomic mass is 10.2. The van der Waals surface area contributed by atoms with E-state index in [4.69, 9.17) is 14.2 Å². The molecular formula is C26H26N2O4. The second kappa shape index (κ2) is 10.1. The van der Waals surface area contributed by atoms with Crippen LogP contribution in [0.4, 0.5) is 0 Å². The number of nitrogens with zero attached hydrogens (tertiary/aromatic N) is 2. The number of ether oxygens (including phenoxy) is 3. The number of aromatic nitrogens is 2. The molecule has 0 saturated heterocycles. The summed E-state index contributed by atoms with van der Waals surface area (Å²) in [7, 11) is 1.65. The highest BCUT2D eigenvalue weighted by molar-refractivity contribution is 5.93. The van der Waals surface area contributed by atoms with Crippen LogP contribution in [0, 0.1) is 0 Å². The van der Waals surface area contributed by atoms with E-state index in [1.54, 1.807) is 20.1 Å². The van der Waals surface area contributed by atoms with Crippen LogP contribution in [0.5, 0.6) is 5.75 Å². The molecule has 6 heteroatoms. The molecular weight excluding hydrogens is 404 g/mol. The number of esters is 1. The number of fused-ring (bicyclic) bond motifs is 1. The van der Waals surface area contributed by atoms with Crippen LogP contribution in [0.3, 0.4) is 0 Å². The molecule has 0 fully saturated rings. The summed E-state index contributed by atoms with van der Waals surface area (Å²) in [6.45, 7) is 3.64. The van der Waals surface area contributed by atoms with Gasteiger partial charge in [0.1, 0.15) is 24.8 Å². The number of benzene rings is 3. The normalized spacial score (nSPS) is 10.9. The highest BCUT2D eigenvalue weighted by Crippen LogP contribution is 2.22. The van der Waals surface area contributed by atoms with Crippen molar-refractivity contribution in [3.8, 4) is 5.75 Å². The zero-order chi connectivity index (χ0) is 22.3. The zero-order valence-corrected chi connectivity index (χ0v) is 18.3. The van der Waals surface area contributed by atoms with Crippen molar-refractivity contribution in [1.82, 2.24) is 9.55 Å². The number of carbonyl (C=O) groups is 1. The molecule has 4 rings (SSSR count). The Morgan fingerprint density at radius 1 is 0.938 bits per heavy atom. The van der Waals surface area contributed by atoms with Gasteiger partial charge in [0.15, 0.2) is 0 Å². The van der Waals surface area contributed by atoms with Crippen LogP contribution in [0.25, 0.3) is 11.0 Å². The standard InChI is InChI=1S/C26H26N2O4/c1-3-31-26(29)21-11-14-23-24(15-21)28(25(27-23)18-30-2)16-19-9-12-22(13-10-19)32-17-20-7-5-4-6-8-20/h4-15H,3,16-18H2,1-2H3. The SMILES string of the molecule is CCOC(=O)c1ccc2nc(COC)n(Cc3ccc(OCc4ccccc4)cc3)c2c1. The maximum Gasteiger partial charge on any atom is 0.338 e. The summed E-state index contributed by atoms with van der Waals surface area (Å²) < 4.78 is 18.5. The van der Waals surface area contributed by atoms with Gasteiger partial charge in [-0.15, -0.1) is 0 Å². The molecule has 0 bridgehead atoms. The minimum atomic E-state index is -0.338. The predicted molar refractivity (Wildman–Crippen MR) is 123 cm³/mol. The lowest BCUT2D eigenvalue weighted by Gasteiger charge is -2.11. The van der Waals surface area contributed by atoms with Crippen LogP contribution in [0.15, 0.2) is 72.8 Å². The van der Waals surface area contributed by atoms with E-state index in [0.717, 1.165) is 33.7 Å². The lowest BCUT2D eigenvalue weighted by molar-refractivity contribution is 0.0526. The Labute approximate surface area is 187 Å². The maximum atomic E-state index is 12.2. The van der Waals surface area contributed by atoms with Crippen LogP contribution in [0.1, 0.15) is 34.2 Å². The monoisotopic (exact) mass is 430 g/mol. The molecule has 0 atom stereocenters. The van der Waals surface area contributed by atoms with Gasteiger partial charge in [0, 0.05) is 13.7 Å². The maximum absolute atomic E-state index is 12.2. The summed E-state index contributed by atoms with van der Waals surface area (Å²) in [5.74, 6) is 1.28. The largest absolute Gasteiger partial charge is 0.489 e. The van der Waals surface area contributed by atoms with Gasteiger partial charge in [0.2, 0.25) is 0 Å². The Morgan fingerprint density at radius 2 is 1.72 bits per heavy atom. The van der Waals surface area contributed by atoms with Gasteiger partial charge in [-0.3, -0.25) is 0 Å². The van der Waals surface area contributed by atoms with Crippen molar-refractivity contribution in [2.24, 2.45) is 0 Å². The van der Waals surface area contributed by atoms with Gasteiger partial charge in [0.25, 0.3) is 0 Å². The van der Waals surface area contributed by atoms with E-state index in [1.807, 2.05) is 66.7 Å². The van der Waals surface area contributed by atoms with E-state index < -0.39 is 0 Å². The van der Waals surface area contributed by atoms with Crippen molar-refractivity contribution in [2.45, 2.75) is 26.7 Å². The van der Waals surface area contributed by atoms with Gasteiger partial charge in [-0.2, -0.15) is 0 Å². The van der Waals surface area contributed by atoms with E-state index in [-0.39, 0.29) is 5.97 Å². The molecule has 32 heavy (non-hydrogen) atoms. The quantitative estimate of drug-likeness (QED) is 0.350. The van der Waals surface area contributed by atoms with Gasteiger partial charge in [0.05, 0.1) is 23.2 Å². The number of hydrogen-bond acceptors (Lipinski definition) is 5. The van der Waals surface area contributed by atoms with E-state index in [0.29, 0.717) is 31.9 Å². The number of methoxy groups -OCH3 is 1. The summed E-state index contributed by atoms with van der Waals surface area (Å²) >= 11 is 0. The Bertz CT molecular complexity index is 1180. The van der Waals surface area contributed by atoms with Crippen molar-refractivity contribution in [3.63, 3.8) is 0 Å². The Balaban J connectivity index is 1.56. The first-order valence-corrected chi connectivity index (χ1v) is 10.6. The van der Waals surface area contributed by atoms with Crippen molar-refractivity contribution in [3.05, 3.63) is 95.3 Å². The van der Waals surface area contributed by atoms with Crippen molar-refractivity contribution in [2.75, 3.05) is 13.7 Å². The summed E-state index contributed by atoms with van der Waals surface area (Å²) in [4.78, 5) is 16.9. The summed E-state index contributed by atoms with van der Waals surface area (Å²) in [6.07, 6.45) is 0. The van der Waals surface area contributed by atoms with Crippen molar-refractivity contribution in [1.29, 1.82) is 0 Å². The fraction of sp³-hybridized carbons (Fsp3) is 0.231. The molecule has 3 aromatic carbocycles. The topological polar surface area (TPSA) is 62.6 Å². The first kappa shape index (κ1) is 21.6. The molecule has 0 N–H and O–H groups in total. The highest BCUT2D eigenvalue weighted by Gasteiger charge is 2.15. The summed E-state index contributed by atoms with van der Waals surface area (Å²) in [6, 6.07) is 23.5. The minimum absolute atomic E-state index is 0.337. The molecule has 6 nitrogen and oxygen atoms in total. The molecule has 0 radical (unpaired) electrons. The molecule has 0 aliphatic heterocycles. The Morgan fingerprint density at radius 3 is 2.44 bits per heavy atom. The van der Waals surface area contributed by atoms with Gasteiger partial charge >= 0.3 is 5.97 Å². The second-order valence-electron chi connectivity index (χ2n) is 7.39. The Kier molecular flexibility index (Phi) is 6.82. The lowest BCUT2D eigenvalue weighted by Crippen LogP contribution is -2.07. The molecule has 0 aliphatic rings. The second-order valence-corrected chi connectivity index (χ2v) is 7.39. The van der Waals surface area contributed by atoms with Crippen LogP contribution in [0.2, 0.25) is 0 Å². The van der Waals surface area contributed by atoms with Gasteiger partial charge in [-0.1, -0.05) is 42.5 Å². The Hall–Kier alpha value is -3.64. The first-order chi connectivity index (χ1) is 15.7. The molecule has 164 valence electrons. The number of rotatable bonds is 9. The van der Waals surface area contributed by atoms with Gasteiger partial charge in [-0.25, -0.2) is 9.78 Å². The van der Waals surface area contributed by atoms with E-state index >= 15 is 0 Å². The third kappa shape index (κ3) is 4.98. The van der Waals surface area contributed by atoms with Gasteiger partial charge in [-0.05, 0) is 48.4 Å². The molecule has 4 aromatic rings. The minimum Gasteiger partial charge on any atom is -0.489 e. The fourth-order valence-corrected chi connectivity index (χ4v) is 3.54. The van der Waals surface area contributed by atoms with Crippen molar-refractivity contribution < 1.29 is 19.0 Å². The smallest absolute Gasteiger partial charge is 0.338 e. The van der Waals surface area contributed by atoms with Crippen LogP contribution in [-0.4, -0.2) is 29.2 Å². The predicted octanol–water partition coefficient (Wildman–Crippen LogP) is 4.99. The summed E-state index contributed by atoms with van der Waals surface area (Å²) in [5, 5.41) is 0.